The number of phosphoric acid groups is 2. The SMILES string of the molecule is CCC(C)CCCCCCCCC(=O)O[C@H](COC(=O)CCCCCCCCC(C)C)COP(=O)(O)OC[C@H](O)COP(=O)(O)OC[C@@H](COC(=O)CCCCCCCCCCCCCCCCC(C)C)OC(=O)CCCCCCCCCCCCCC(C)C. The lowest BCUT2D eigenvalue weighted by Crippen LogP contribution is -2.30. The Morgan fingerprint density at radius 1 is 0.311 bits per heavy atom. The van der Waals surface area contributed by atoms with Crippen LogP contribution in [0.15, 0.2) is 0 Å². The number of phosphoric ester groups is 2. The van der Waals surface area contributed by atoms with Crippen LogP contribution in [0.25, 0.3) is 0 Å². The average molecular weight is 1330 g/mol. The maximum atomic E-state index is 13.0. The third-order valence-corrected chi connectivity index (χ3v) is 18.6. The van der Waals surface area contributed by atoms with E-state index < -0.39 is 97.5 Å². The number of rotatable bonds is 68. The van der Waals surface area contributed by atoms with Gasteiger partial charge in [0.1, 0.15) is 19.3 Å². The van der Waals surface area contributed by atoms with Crippen molar-refractivity contribution in [1.82, 2.24) is 0 Å². The third-order valence-electron chi connectivity index (χ3n) is 16.7. The number of aliphatic hydroxyl groups excluding tert-OH is 1. The molecule has 0 aromatic carbocycles. The molecule has 0 aromatic heterocycles. The first kappa shape index (κ1) is 88.1. The van der Waals surface area contributed by atoms with E-state index in [1.807, 2.05) is 0 Å². The van der Waals surface area contributed by atoms with Crippen molar-refractivity contribution >= 4 is 39.5 Å². The summed E-state index contributed by atoms with van der Waals surface area (Å²) in [6.45, 7) is 14.0. The lowest BCUT2D eigenvalue weighted by Gasteiger charge is -2.21. The number of carbonyl (C=O) groups excluding carboxylic acids is 4. The molecule has 0 aliphatic heterocycles. The molecule has 6 atom stereocenters. The second-order valence-corrected chi connectivity index (χ2v) is 30.2. The van der Waals surface area contributed by atoms with Gasteiger partial charge in [-0.3, -0.25) is 37.3 Å². The smallest absolute Gasteiger partial charge is 0.462 e. The van der Waals surface area contributed by atoms with Crippen molar-refractivity contribution in [3.8, 4) is 0 Å². The van der Waals surface area contributed by atoms with Gasteiger partial charge in [-0.1, -0.05) is 299 Å². The Morgan fingerprint density at radius 3 is 0.789 bits per heavy atom. The molecule has 0 heterocycles. The van der Waals surface area contributed by atoms with E-state index in [9.17, 15) is 43.2 Å². The first-order chi connectivity index (χ1) is 43.1. The summed E-state index contributed by atoms with van der Waals surface area (Å²) in [5.74, 6) is 0.832. The quantitative estimate of drug-likeness (QED) is 0.0222. The van der Waals surface area contributed by atoms with Gasteiger partial charge < -0.3 is 33.8 Å². The number of hydrogen-bond acceptors (Lipinski definition) is 15. The van der Waals surface area contributed by atoms with Crippen molar-refractivity contribution in [3.05, 3.63) is 0 Å². The van der Waals surface area contributed by atoms with Crippen LogP contribution in [0.3, 0.4) is 0 Å². The molecule has 0 fully saturated rings. The molecule has 0 spiro atoms. The molecule has 3 N–H and O–H groups in total. The fourth-order valence-corrected chi connectivity index (χ4v) is 12.2. The van der Waals surface area contributed by atoms with E-state index in [1.54, 1.807) is 0 Å². The monoisotopic (exact) mass is 1320 g/mol. The molecule has 0 bridgehead atoms. The highest BCUT2D eigenvalue weighted by molar-refractivity contribution is 7.47. The van der Waals surface area contributed by atoms with Crippen molar-refractivity contribution in [2.24, 2.45) is 23.7 Å². The molecule has 90 heavy (non-hydrogen) atoms. The summed E-state index contributed by atoms with van der Waals surface area (Å²) in [7, 11) is -9.90. The summed E-state index contributed by atoms with van der Waals surface area (Å²) in [6.07, 6.45) is 43.3. The summed E-state index contributed by atoms with van der Waals surface area (Å²) in [4.78, 5) is 72.5. The van der Waals surface area contributed by atoms with Gasteiger partial charge in [-0.2, -0.15) is 0 Å². The zero-order valence-corrected chi connectivity index (χ0v) is 60.6. The molecule has 0 saturated carbocycles. The molecule has 0 aliphatic rings. The van der Waals surface area contributed by atoms with E-state index in [-0.39, 0.29) is 25.7 Å². The summed E-state index contributed by atoms with van der Waals surface area (Å²) in [6, 6.07) is 0. The molecule has 0 aliphatic carbocycles. The molecule has 17 nitrogen and oxygen atoms in total. The number of ether oxygens (including phenoxy) is 4. The highest BCUT2D eigenvalue weighted by Crippen LogP contribution is 2.45. The Morgan fingerprint density at radius 2 is 0.533 bits per heavy atom. The minimum atomic E-state index is -4.95. The van der Waals surface area contributed by atoms with E-state index >= 15 is 0 Å². The molecule has 534 valence electrons. The summed E-state index contributed by atoms with van der Waals surface area (Å²) < 4.78 is 68.3. The zero-order valence-electron chi connectivity index (χ0n) is 58.8. The zero-order chi connectivity index (χ0) is 66.8. The van der Waals surface area contributed by atoms with Crippen LogP contribution in [0, 0.1) is 23.7 Å². The van der Waals surface area contributed by atoms with E-state index in [2.05, 4.69) is 55.4 Å². The van der Waals surface area contributed by atoms with Gasteiger partial charge in [0, 0.05) is 25.7 Å². The van der Waals surface area contributed by atoms with Gasteiger partial charge in [-0.05, 0) is 49.4 Å². The Labute approximate surface area is 549 Å². The first-order valence-electron chi connectivity index (χ1n) is 36.7. The van der Waals surface area contributed by atoms with Crippen LogP contribution in [-0.2, 0) is 65.4 Å². The van der Waals surface area contributed by atoms with Crippen LogP contribution >= 0.6 is 15.6 Å². The van der Waals surface area contributed by atoms with E-state index in [4.69, 9.17) is 37.0 Å². The molecule has 0 aromatic rings. The highest BCUT2D eigenvalue weighted by Gasteiger charge is 2.30. The fourth-order valence-electron chi connectivity index (χ4n) is 10.6. The second-order valence-electron chi connectivity index (χ2n) is 27.3. The maximum absolute atomic E-state index is 13.0. The highest BCUT2D eigenvalue weighted by atomic mass is 31.2. The Hall–Kier alpha value is -1.94. The summed E-state index contributed by atoms with van der Waals surface area (Å²) >= 11 is 0. The van der Waals surface area contributed by atoms with Crippen molar-refractivity contribution in [2.75, 3.05) is 39.6 Å². The van der Waals surface area contributed by atoms with E-state index in [1.165, 1.54) is 148 Å². The van der Waals surface area contributed by atoms with Gasteiger partial charge in [0.2, 0.25) is 0 Å². The lowest BCUT2D eigenvalue weighted by atomic mass is 10.00. The number of aliphatic hydroxyl groups is 1. The van der Waals surface area contributed by atoms with Gasteiger partial charge in [0.15, 0.2) is 12.2 Å². The van der Waals surface area contributed by atoms with E-state index in [0.29, 0.717) is 31.6 Å². The fraction of sp³-hybridized carbons (Fsp3) is 0.944. The molecule has 3 unspecified atom stereocenters. The molecular formula is C71H138O17P2. The van der Waals surface area contributed by atoms with E-state index in [0.717, 1.165) is 114 Å². The molecule has 0 radical (unpaired) electrons. The molecule has 19 heteroatoms. The minimum absolute atomic E-state index is 0.101. The van der Waals surface area contributed by atoms with Crippen molar-refractivity contribution < 1.29 is 80.2 Å². The average Bonchev–Trinajstić information content (AvgIpc) is 3.67. The van der Waals surface area contributed by atoms with Crippen LogP contribution in [0.2, 0.25) is 0 Å². The second kappa shape index (κ2) is 60.7. The number of carbonyl (C=O) groups is 4. The first-order valence-corrected chi connectivity index (χ1v) is 39.7. The summed E-state index contributed by atoms with van der Waals surface area (Å²) in [5.41, 5.74) is 0. The predicted molar refractivity (Wildman–Crippen MR) is 363 cm³/mol. The van der Waals surface area contributed by atoms with Crippen LogP contribution < -0.4 is 0 Å². The molecule has 0 rings (SSSR count). The Kier molecular flexibility index (Phi) is 59.4. The number of hydrogen-bond donors (Lipinski definition) is 3. The summed E-state index contributed by atoms with van der Waals surface area (Å²) in [5, 5.41) is 10.6. The Balaban J connectivity index is 5.23. The van der Waals surface area contributed by atoms with Gasteiger partial charge in [0.05, 0.1) is 26.4 Å². The lowest BCUT2D eigenvalue weighted by molar-refractivity contribution is -0.161. The largest absolute Gasteiger partial charge is 0.472 e. The topological polar surface area (TPSA) is 237 Å². The normalized spacial score (nSPS) is 14.6. The van der Waals surface area contributed by atoms with Crippen molar-refractivity contribution in [2.45, 2.75) is 369 Å². The third kappa shape index (κ3) is 63.5. The molecular weight excluding hydrogens is 1190 g/mol. The van der Waals surface area contributed by atoms with Crippen molar-refractivity contribution in [1.29, 1.82) is 0 Å². The van der Waals surface area contributed by atoms with Crippen LogP contribution in [0.5, 0.6) is 0 Å². The maximum Gasteiger partial charge on any atom is 0.472 e. The minimum Gasteiger partial charge on any atom is -0.462 e. The van der Waals surface area contributed by atoms with Crippen LogP contribution in [0.1, 0.15) is 351 Å². The number of unbranched alkanes of at least 4 members (excludes halogenated alkanes) is 33. The van der Waals surface area contributed by atoms with Gasteiger partial charge in [-0.25, -0.2) is 9.13 Å². The van der Waals surface area contributed by atoms with Crippen molar-refractivity contribution in [3.63, 3.8) is 0 Å². The standard InChI is InChI=1S/C71H138O17P2/c1-9-64(8)50-42-34-28-30-38-46-54-71(76)88-67(58-82-69(74)52-44-36-29-27-33-41-49-63(6)7)60-86-90(79,80)84-56-65(72)55-83-89(77,78)85-59-66(87-70(75)53-45-37-26-22-18-14-16-20-24-32-40-48-62(4)5)57-81-68(73)51-43-35-25-21-17-13-11-10-12-15-19-23-31-39-47-61(2)3/h61-67,72H,9-60H2,1-8H3,(H,77,78)(H,79,80)/t64?,65-,66-,67-/m1/s1. The van der Waals surface area contributed by atoms with Gasteiger partial charge in [-0.15, -0.1) is 0 Å². The van der Waals surface area contributed by atoms with Gasteiger partial charge in [0.25, 0.3) is 0 Å². The number of esters is 4. The van der Waals surface area contributed by atoms with Gasteiger partial charge >= 0.3 is 39.5 Å². The van der Waals surface area contributed by atoms with Crippen LogP contribution in [-0.4, -0.2) is 96.7 Å². The molecule has 0 amide bonds. The molecule has 0 saturated heterocycles. The van der Waals surface area contributed by atoms with Crippen LogP contribution in [0.4, 0.5) is 0 Å². The Bertz CT molecular complexity index is 1780. The predicted octanol–water partition coefficient (Wildman–Crippen LogP) is 20.1.